The minimum atomic E-state index is -1.42. The number of amides is 4. The molecule has 10 heteroatoms. The fraction of sp³-hybridized carbons (Fsp3) is 0.458. The van der Waals surface area contributed by atoms with E-state index in [2.05, 4.69) is 4.90 Å². The summed E-state index contributed by atoms with van der Waals surface area (Å²) in [4.78, 5) is 68.2. The molecule has 4 amide bonds. The zero-order valence-electron chi connectivity index (χ0n) is 19.4. The molecule has 0 saturated carbocycles. The highest BCUT2D eigenvalue weighted by atomic mass is 16.7. The summed E-state index contributed by atoms with van der Waals surface area (Å²) in [7, 11) is 2.79. The number of imide groups is 2. The summed E-state index contributed by atoms with van der Waals surface area (Å²) in [5.74, 6) is -3.92. The second-order valence-corrected chi connectivity index (χ2v) is 9.64. The Hall–Kier alpha value is -3.69. The molecule has 0 aliphatic carbocycles. The summed E-state index contributed by atoms with van der Waals surface area (Å²) in [6, 6.07) is 4.40. The van der Waals surface area contributed by atoms with Crippen molar-refractivity contribution in [3.63, 3.8) is 0 Å². The SMILES string of the molecule is CN1C(=O)N(C)C(=O)C2(Cc3cc(C=C4C(=O)OC(C)(C)OC4=O)ccc3N3CCC[C@H]32)C1=O. The van der Waals surface area contributed by atoms with E-state index in [1.54, 1.807) is 12.1 Å². The smallest absolute Gasteiger partial charge is 0.348 e. The topological polar surface area (TPSA) is 114 Å². The van der Waals surface area contributed by atoms with Crippen LogP contribution in [-0.2, 0) is 35.1 Å². The molecule has 10 nitrogen and oxygen atoms in total. The lowest BCUT2D eigenvalue weighted by molar-refractivity contribution is -0.222. The van der Waals surface area contributed by atoms with E-state index in [-0.39, 0.29) is 18.0 Å². The van der Waals surface area contributed by atoms with Gasteiger partial charge in [0.05, 0.1) is 6.04 Å². The Morgan fingerprint density at radius 3 is 2.21 bits per heavy atom. The average molecular weight is 467 g/mol. The number of anilines is 1. The van der Waals surface area contributed by atoms with E-state index >= 15 is 0 Å². The van der Waals surface area contributed by atoms with Gasteiger partial charge in [-0.3, -0.25) is 19.4 Å². The number of hydrogen-bond donors (Lipinski definition) is 0. The molecule has 4 aliphatic rings. The van der Waals surface area contributed by atoms with Crippen LogP contribution in [0, 0.1) is 5.41 Å². The third-order valence-corrected chi connectivity index (χ3v) is 7.08. The van der Waals surface area contributed by atoms with Gasteiger partial charge >= 0.3 is 18.0 Å². The normalized spacial score (nSPS) is 25.3. The van der Waals surface area contributed by atoms with Gasteiger partial charge in [-0.2, -0.15) is 0 Å². The Morgan fingerprint density at radius 2 is 1.59 bits per heavy atom. The highest BCUT2D eigenvalue weighted by Gasteiger charge is 2.63. The maximum absolute atomic E-state index is 13.5. The minimum absolute atomic E-state index is 0.113. The lowest BCUT2D eigenvalue weighted by atomic mass is 9.68. The van der Waals surface area contributed by atoms with Crippen molar-refractivity contribution >= 4 is 41.5 Å². The Kier molecular flexibility index (Phi) is 4.65. The fourth-order valence-electron chi connectivity index (χ4n) is 5.57. The summed E-state index contributed by atoms with van der Waals surface area (Å²) in [5, 5.41) is 0. The molecule has 1 spiro atoms. The third-order valence-electron chi connectivity index (χ3n) is 7.08. The van der Waals surface area contributed by atoms with Crippen LogP contribution in [-0.4, -0.2) is 72.1 Å². The van der Waals surface area contributed by atoms with Crippen LogP contribution in [0.4, 0.5) is 10.5 Å². The van der Waals surface area contributed by atoms with E-state index in [9.17, 15) is 24.0 Å². The lowest BCUT2D eigenvalue weighted by Gasteiger charge is -2.50. The molecule has 5 rings (SSSR count). The second-order valence-electron chi connectivity index (χ2n) is 9.64. The van der Waals surface area contributed by atoms with Crippen molar-refractivity contribution in [1.82, 2.24) is 9.80 Å². The number of carbonyl (C=O) groups is 5. The second kappa shape index (κ2) is 7.15. The number of rotatable bonds is 1. The number of cyclic esters (lactones) is 2. The average Bonchev–Trinajstić information content (AvgIpc) is 3.27. The predicted molar refractivity (Wildman–Crippen MR) is 118 cm³/mol. The molecular formula is C24H25N3O7. The van der Waals surface area contributed by atoms with Gasteiger partial charge in [0.1, 0.15) is 5.57 Å². The van der Waals surface area contributed by atoms with Crippen LogP contribution in [0.15, 0.2) is 23.8 Å². The van der Waals surface area contributed by atoms with Gasteiger partial charge < -0.3 is 14.4 Å². The van der Waals surface area contributed by atoms with E-state index in [0.717, 1.165) is 27.5 Å². The number of benzene rings is 1. The molecule has 178 valence electrons. The molecule has 1 aromatic carbocycles. The Balaban J connectivity index is 1.58. The molecule has 1 atom stereocenters. The van der Waals surface area contributed by atoms with Crippen molar-refractivity contribution in [2.24, 2.45) is 5.41 Å². The van der Waals surface area contributed by atoms with Gasteiger partial charge in [-0.25, -0.2) is 14.4 Å². The van der Waals surface area contributed by atoms with E-state index in [4.69, 9.17) is 9.47 Å². The van der Waals surface area contributed by atoms with Crippen LogP contribution in [0.2, 0.25) is 0 Å². The summed E-state index contributed by atoms with van der Waals surface area (Å²) in [6.45, 7) is 3.62. The summed E-state index contributed by atoms with van der Waals surface area (Å²) < 4.78 is 10.3. The van der Waals surface area contributed by atoms with E-state index < -0.39 is 41.0 Å². The number of fused-ring (bicyclic) bond motifs is 4. The molecule has 3 saturated heterocycles. The first-order valence-electron chi connectivity index (χ1n) is 11.1. The van der Waals surface area contributed by atoms with Crippen molar-refractivity contribution < 1.29 is 33.4 Å². The zero-order chi connectivity index (χ0) is 24.6. The van der Waals surface area contributed by atoms with Gasteiger partial charge in [-0.1, -0.05) is 6.07 Å². The molecule has 1 aromatic rings. The Bertz CT molecular complexity index is 1150. The van der Waals surface area contributed by atoms with Crippen molar-refractivity contribution in [3.8, 4) is 0 Å². The van der Waals surface area contributed by atoms with Gasteiger partial charge in [0, 0.05) is 40.2 Å². The number of esters is 2. The van der Waals surface area contributed by atoms with Crippen molar-refractivity contribution in [1.29, 1.82) is 0 Å². The van der Waals surface area contributed by atoms with E-state index in [0.29, 0.717) is 18.5 Å². The molecule has 4 aliphatic heterocycles. The third kappa shape index (κ3) is 2.97. The number of ether oxygens (including phenoxy) is 2. The quantitative estimate of drug-likeness (QED) is 0.264. The molecule has 0 unspecified atom stereocenters. The highest BCUT2D eigenvalue weighted by molar-refractivity contribution is 6.20. The number of barbiturate groups is 1. The summed E-state index contributed by atoms with van der Waals surface area (Å²) in [6.07, 6.45) is 2.97. The molecule has 3 fully saturated rings. The van der Waals surface area contributed by atoms with Gasteiger partial charge in [0.2, 0.25) is 11.8 Å². The first-order chi connectivity index (χ1) is 16.0. The van der Waals surface area contributed by atoms with Gasteiger partial charge in [-0.15, -0.1) is 0 Å². The van der Waals surface area contributed by atoms with Crippen LogP contribution in [0.3, 0.4) is 0 Å². The lowest BCUT2D eigenvalue weighted by Crippen LogP contribution is -2.70. The Morgan fingerprint density at radius 1 is 0.971 bits per heavy atom. The number of hydrogen-bond acceptors (Lipinski definition) is 8. The molecule has 0 N–H and O–H groups in total. The monoisotopic (exact) mass is 467 g/mol. The maximum Gasteiger partial charge on any atom is 0.348 e. The van der Waals surface area contributed by atoms with Crippen molar-refractivity contribution in [3.05, 3.63) is 34.9 Å². The zero-order valence-corrected chi connectivity index (χ0v) is 19.4. The Labute approximate surface area is 196 Å². The van der Waals surface area contributed by atoms with E-state index in [1.807, 2.05) is 6.07 Å². The van der Waals surface area contributed by atoms with Gasteiger partial charge in [0.15, 0.2) is 5.41 Å². The molecule has 4 heterocycles. The van der Waals surface area contributed by atoms with Crippen LogP contribution >= 0.6 is 0 Å². The molecule has 0 radical (unpaired) electrons. The van der Waals surface area contributed by atoms with Gasteiger partial charge in [0.25, 0.3) is 5.79 Å². The molecule has 34 heavy (non-hydrogen) atoms. The first-order valence-corrected chi connectivity index (χ1v) is 11.1. The van der Waals surface area contributed by atoms with Crippen molar-refractivity contribution in [2.45, 2.75) is 44.9 Å². The molecule has 0 aromatic heterocycles. The van der Waals surface area contributed by atoms with Gasteiger partial charge in [-0.05, 0) is 48.6 Å². The summed E-state index contributed by atoms with van der Waals surface area (Å²) in [5.41, 5.74) is 0.498. The molecule has 0 bridgehead atoms. The summed E-state index contributed by atoms with van der Waals surface area (Å²) >= 11 is 0. The van der Waals surface area contributed by atoms with Crippen LogP contribution in [0.5, 0.6) is 0 Å². The largest absolute Gasteiger partial charge is 0.419 e. The predicted octanol–water partition coefficient (Wildman–Crippen LogP) is 1.47. The fourth-order valence-corrected chi connectivity index (χ4v) is 5.57. The van der Waals surface area contributed by atoms with E-state index in [1.165, 1.54) is 34.0 Å². The highest BCUT2D eigenvalue weighted by Crippen LogP contribution is 2.49. The number of carbonyl (C=O) groups excluding carboxylic acids is 5. The van der Waals surface area contributed by atoms with Crippen molar-refractivity contribution in [2.75, 3.05) is 25.5 Å². The maximum atomic E-state index is 13.5. The van der Waals surface area contributed by atoms with Crippen LogP contribution in [0.25, 0.3) is 6.08 Å². The first kappa shape index (κ1) is 22.1. The standard InChI is InChI=1S/C24H25N3O7/c1-23(2)33-18(28)15(19(29)34-23)11-13-7-8-16-14(10-13)12-24(17-6-5-9-27(16)17)20(30)25(3)22(32)26(4)21(24)31/h7-8,10-11,17H,5-6,9,12H2,1-4H3/t17-/m0/s1. The number of nitrogens with zero attached hydrogens (tertiary/aromatic N) is 3. The minimum Gasteiger partial charge on any atom is -0.419 e. The van der Waals surface area contributed by atoms with Crippen LogP contribution < -0.4 is 4.90 Å². The molecular weight excluding hydrogens is 442 g/mol. The number of urea groups is 1. The van der Waals surface area contributed by atoms with Crippen LogP contribution in [0.1, 0.15) is 37.8 Å².